The van der Waals surface area contributed by atoms with Crippen LogP contribution in [0.25, 0.3) is 0 Å². The molecule has 20 heavy (non-hydrogen) atoms. The molecule has 2 N–H and O–H groups in total. The molecule has 5 heteroatoms. The van der Waals surface area contributed by atoms with E-state index in [1.54, 1.807) is 0 Å². The quantitative estimate of drug-likeness (QED) is 0.652. The Labute approximate surface area is 123 Å². The molecule has 1 rings (SSSR count). The molecule has 1 aromatic carbocycles. The summed E-state index contributed by atoms with van der Waals surface area (Å²) in [6.07, 6.45) is 2.98. The smallest absolute Gasteiger partial charge is 0.215 e. The lowest BCUT2D eigenvalue weighted by Gasteiger charge is -2.07. The summed E-state index contributed by atoms with van der Waals surface area (Å²) in [5.41, 5.74) is 2.01. The van der Waals surface area contributed by atoms with Crippen molar-refractivity contribution in [2.75, 3.05) is 13.1 Å². The van der Waals surface area contributed by atoms with Crippen molar-refractivity contribution in [3.63, 3.8) is 0 Å². The first-order valence-corrected chi connectivity index (χ1v) is 8.98. The van der Waals surface area contributed by atoms with Gasteiger partial charge in [0.1, 0.15) is 0 Å². The summed E-state index contributed by atoms with van der Waals surface area (Å²) in [6, 6.07) is 7.75. The van der Waals surface area contributed by atoms with Crippen molar-refractivity contribution in [1.82, 2.24) is 10.0 Å². The summed E-state index contributed by atoms with van der Waals surface area (Å²) in [7, 11) is -3.21. The Morgan fingerprint density at radius 1 is 0.950 bits per heavy atom. The molecule has 0 aliphatic heterocycles. The number of unbranched alkanes of at least 4 members (excludes halogenated alkanes) is 1. The molecule has 1 aromatic rings. The van der Waals surface area contributed by atoms with E-state index in [1.807, 2.05) is 31.2 Å². The highest BCUT2D eigenvalue weighted by molar-refractivity contribution is 7.88. The van der Waals surface area contributed by atoms with Crippen LogP contribution >= 0.6 is 0 Å². The van der Waals surface area contributed by atoms with Crippen LogP contribution in [-0.4, -0.2) is 21.5 Å². The third-order valence-electron chi connectivity index (χ3n) is 2.99. The second-order valence-electron chi connectivity index (χ2n) is 5.00. The van der Waals surface area contributed by atoms with Crippen molar-refractivity contribution in [2.45, 2.75) is 45.4 Å². The average molecular weight is 298 g/mol. The summed E-state index contributed by atoms with van der Waals surface area (Å²) in [5.74, 6) is 0.0549. The predicted molar refractivity (Wildman–Crippen MR) is 84.0 cm³/mol. The van der Waals surface area contributed by atoms with Gasteiger partial charge in [-0.2, -0.15) is 0 Å². The molecule has 0 aliphatic rings. The van der Waals surface area contributed by atoms with Gasteiger partial charge in [-0.05, 0) is 30.5 Å². The molecule has 0 spiro atoms. The first kappa shape index (κ1) is 17.1. The van der Waals surface area contributed by atoms with E-state index in [9.17, 15) is 8.42 Å². The molecule has 0 amide bonds. The van der Waals surface area contributed by atoms with Crippen molar-refractivity contribution in [3.05, 3.63) is 35.4 Å². The van der Waals surface area contributed by atoms with Gasteiger partial charge >= 0.3 is 0 Å². The Morgan fingerprint density at radius 3 is 2.20 bits per heavy atom. The molecule has 0 aliphatic carbocycles. The second kappa shape index (κ2) is 9.10. The highest BCUT2D eigenvalue weighted by Gasteiger charge is 2.10. The van der Waals surface area contributed by atoms with Crippen LogP contribution in [0.15, 0.2) is 24.3 Å². The summed E-state index contributed by atoms with van der Waals surface area (Å²) in [4.78, 5) is 0. The molecule has 0 saturated carbocycles. The first-order valence-electron chi connectivity index (χ1n) is 7.33. The molecular weight excluding hydrogens is 272 g/mol. The predicted octanol–water partition coefficient (Wildman–Crippen LogP) is 2.41. The van der Waals surface area contributed by atoms with Crippen molar-refractivity contribution in [1.29, 1.82) is 0 Å². The summed E-state index contributed by atoms with van der Waals surface area (Å²) in [5, 5.41) is 3.32. The van der Waals surface area contributed by atoms with E-state index in [4.69, 9.17) is 0 Å². The Balaban J connectivity index is 2.47. The van der Waals surface area contributed by atoms with E-state index in [0.717, 1.165) is 37.9 Å². The maximum Gasteiger partial charge on any atom is 0.215 e. The number of nitrogens with one attached hydrogen (secondary N) is 2. The van der Waals surface area contributed by atoms with Crippen LogP contribution in [0.4, 0.5) is 0 Å². The number of benzene rings is 1. The standard InChI is InChI=1S/C15H26N2O2S/c1-3-5-11-17-20(18,19)13-15-8-6-14(7-9-15)12-16-10-4-2/h6-9,16-17H,3-5,10-13H2,1-2H3. The lowest BCUT2D eigenvalue weighted by molar-refractivity contribution is 0.577. The lowest BCUT2D eigenvalue weighted by atomic mass is 10.1. The summed E-state index contributed by atoms with van der Waals surface area (Å²) in [6.45, 7) is 6.52. The number of sulfonamides is 1. The molecular formula is C15H26N2O2S. The van der Waals surface area contributed by atoms with Crippen LogP contribution < -0.4 is 10.0 Å². The topological polar surface area (TPSA) is 58.2 Å². The third-order valence-corrected chi connectivity index (χ3v) is 4.35. The van der Waals surface area contributed by atoms with Crippen LogP contribution in [0.5, 0.6) is 0 Å². The van der Waals surface area contributed by atoms with Crippen LogP contribution in [-0.2, 0) is 22.3 Å². The highest BCUT2D eigenvalue weighted by Crippen LogP contribution is 2.08. The largest absolute Gasteiger partial charge is 0.313 e. The fourth-order valence-corrected chi connectivity index (χ4v) is 3.03. The van der Waals surface area contributed by atoms with E-state index in [2.05, 4.69) is 17.0 Å². The number of hydrogen-bond donors (Lipinski definition) is 2. The molecule has 0 unspecified atom stereocenters. The summed E-state index contributed by atoms with van der Waals surface area (Å²) >= 11 is 0. The SMILES string of the molecule is CCCCNS(=O)(=O)Cc1ccc(CNCCC)cc1. The first-order chi connectivity index (χ1) is 9.57. The van der Waals surface area contributed by atoms with Gasteiger partial charge in [0.25, 0.3) is 0 Å². The maximum atomic E-state index is 11.8. The molecule has 0 bridgehead atoms. The second-order valence-corrected chi connectivity index (χ2v) is 6.81. The lowest BCUT2D eigenvalue weighted by Crippen LogP contribution is -2.26. The van der Waals surface area contributed by atoms with Gasteiger partial charge in [-0.3, -0.25) is 0 Å². The fourth-order valence-electron chi connectivity index (χ4n) is 1.84. The van der Waals surface area contributed by atoms with Gasteiger partial charge in [0.15, 0.2) is 0 Å². The van der Waals surface area contributed by atoms with Gasteiger partial charge < -0.3 is 5.32 Å². The van der Waals surface area contributed by atoms with E-state index in [0.29, 0.717) is 6.54 Å². The van der Waals surface area contributed by atoms with E-state index < -0.39 is 10.0 Å². The van der Waals surface area contributed by atoms with Crippen molar-refractivity contribution >= 4 is 10.0 Å². The minimum absolute atomic E-state index is 0.0549. The van der Waals surface area contributed by atoms with Crippen LogP contribution in [0.2, 0.25) is 0 Å². The minimum Gasteiger partial charge on any atom is -0.313 e. The molecule has 0 saturated heterocycles. The molecule has 0 aromatic heterocycles. The average Bonchev–Trinajstić information content (AvgIpc) is 2.41. The van der Waals surface area contributed by atoms with Gasteiger partial charge in [-0.25, -0.2) is 13.1 Å². The van der Waals surface area contributed by atoms with Gasteiger partial charge in [-0.1, -0.05) is 44.5 Å². The van der Waals surface area contributed by atoms with Crippen molar-refractivity contribution in [3.8, 4) is 0 Å². The molecule has 114 valence electrons. The Hall–Kier alpha value is -0.910. The van der Waals surface area contributed by atoms with Crippen molar-refractivity contribution < 1.29 is 8.42 Å². The molecule has 0 atom stereocenters. The van der Waals surface area contributed by atoms with E-state index in [1.165, 1.54) is 5.56 Å². The van der Waals surface area contributed by atoms with Gasteiger partial charge in [-0.15, -0.1) is 0 Å². The van der Waals surface area contributed by atoms with Gasteiger partial charge in [0.05, 0.1) is 5.75 Å². The zero-order valence-electron chi connectivity index (χ0n) is 12.5. The van der Waals surface area contributed by atoms with E-state index >= 15 is 0 Å². The molecule has 0 radical (unpaired) electrons. The number of rotatable bonds is 10. The summed E-state index contributed by atoms with van der Waals surface area (Å²) < 4.78 is 26.3. The molecule has 0 fully saturated rings. The van der Waals surface area contributed by atoms with Gasteiger partial charge in [0.2, 0.25) is 10.0 Å². The Bertz CT molecular complexity index is 469. The highest BCUT2D eigenvalue weighted by atomic mass is 32.2. The Morgan fingerprint density at radius 2 is 1.60 bits per heavy atom. The number of hydrogen-bond acceptors (Lipinski definition) is 3. The fraction of sp³-hybridized carbons (Fsp3) is 0.600. The molecule has 4 nitrogen and oxygen atoms in total. The van der Waals surface area contributed by atoms with Crippen molar-refractivity contribution in [2.24, 2.45) is 0 Å². The Kier molecular flexibility index (Phi) is 7.80. The zero-order chi connectivity index (χ0) is 14.8. The van der Waals surface area contributed by atoms with Crippen LogP contribution in [0.3, 0.4) is 0 Å². The molecule has 0 heterocycles. The maximum absolute atomic E-state index is 11.8. The van der Waals surface area contributed by atoms with Crippen LogP contribution in [0, 0.1) is 0 Å². The van der Waals surface area contributed by atoms with Gasteiger partial charge in [0, 0.05) is 13.1 Å². The minimum atomic E-state index is -3.21. The third kappa shape index (κ3) is 7.03. The zero-order valence-corrected chi connectivity index (χ0v) is 13.3. The normalized spacial score (nSPS) is 11.7. The monoisotopic (exact) mass is 298 g/mol. The van der Waals surface area contributed by atoms with Crippen LogP contribution in [0.1, 0.15) is 44.2 Å². The van der Waals surface area contributed by atoms with E-state index in [-0.39, 0.29) is 5.75 Å².